The van der Waals surface area contributed by atoms with Crippen molar-refractivity contribution in [1.82, 2.24) is 20.1 Å². The number of fused-ring (bicyclic) bond motifs is 1. The van der Waals surface area contributed by atoms with Gasteiger partial charge in [0.05, 0.1) is 29.9 Å². The van der Waals surface area contributed by atoms with Gasteiger partial charge in [-0.15, -0.1) is 0 Å². The Labute approximate surface area is 237 Å². The Hall–Kier alpha value is -3.80. The van der Waals surface area contributed by atoms with E-state index in [0.717, 1.165) is 18.4 Å². The highest BCUT2D eigenvalue weighted by atomic mass is 19.3. The molecule has 1 saturated carbocycles. The lowest BCUT2D eigenvalue weighted by molar-refractivity contribution is -0.139. The summed E-state index contributed by atoms with van der Waals surface area (Å²) in [7, 11) is 0. The van der Waals surface area contributed by atoms with Gasteiger partial charge in [-0.25, -0.2) is 4.98 Å². The van der Waals surface area contributed by atoms with Crippen molar-refractivity contribution in [2.45, 2.75) is 83.4 Å². The van der Waals surface area contributed by atoms with E-state index in [2.05, 4.69) is 15.4 Å². The van der Waals surface area contributed by atoms with E-state index in [1.54, 1.807) is 31.5 Å². The summed E-state index contributed by atoms with van der Waals surface area (Å²) in [6, 6.07) is 2.75. The number of benzene rings is 1. The van der Waals surface area contributed by atoms with Crippen molar-refractivity contribution in [3.63, 3.8) is 0 Å². The van der Waals surface area contributed by atoms with E-state index in [9.17, 15) is 18.4 Å². The quantitative estimate of drug-likeness (QED) is 0.363. The van der Waals surface area contributed by atoms with Gasteiger partial charge >= 0.3 is 5.92 Å². The lowest BCUT2D eigenvalue weighted by atomic mass is 9.95. The molecule has 1 atom stereocenters. The number of aliphatic hydroxyl groups excluding tert-OH is 1. The number of ether oxygens (including phenoxy) is 2. The molecule has 10 nitrogen and oxygen atoms in total. The number of nitrogens with zero attached hydrogens (tertiary/aromatic N) is 3. The number of aromatic nitrogens is 3. The average molecular weight is 574 g/mol. The van der Waals surface area contributed by atoms with Gasteiger partial charge < -0.3 is 25.6 Å². The second-order valence-corrected chi connectivity index (χ2v) is 10.6. The van der Waals surface area contributed by atoms with Gasteiger partial charge in [0.25, 0.3) is 11.8 Å². The minimum absolute atomic E-state index is 0.164. The molecule has 12 heteroatoms. The number of aliphatic hydroxyl groups is 1. The van der Waals surface area contributed by atoms with E-state index in [-0.39, 0.29) is 36.5 Å². The summed E-state index contributed by atoms with van der Waals surface area (Å²) in [6.45, 7) is 5.38. The molecular formula is C29H37F2N5O5. The van der Waals surface area contributed by atoms with Crippen LogP contribution in [0.4, 0.5) is 8.78 Å². The Morgan fingerprint density at radius 2 is 1.93 bits per heavy atom. The minimum atomic E-state index is -3.43. The Balaban J connectivity index is 0.00000124. The number of rotatable bonds is 8. The molecule has 1 saturated heterocycles. The number of carbonyl (C=O) groups excluding carboxylic acids is 2. The Bertz CT molecular complexity index is 1390. The van der Waals surface area contributed by atoms with Crippen LogP contribution in [0.15, 0.2) is 30.7 Å². The van der Waals surface area contributed by atoms with Crippen molar-refractivity contribution in [3.8, 4) is 22.8 Å². The monoisotopic (exact) mass is 573 g/mol. The maximum Gasteiger partial charge on any atom is 0.326 e. The molecule has 2 amide bonds. The number of pyridine rings is 1. The Morgan fingerprint density at radius 3 is 2.54 bits per heavy atom. The molecule has 0 bridgehead atoms. The predicted octanol–water partition coefficient (Wildman–Crippen LogP) is 4.39. The van der Waals surface area contributed by atoms with Crippen LogP contribution in [0.3, 0.4) is 0 Å². The van der Waals surface area contributed by atoms with Crippen LogP contribution in [0.5, 0.6) is 11.6 Å². The molecule has 0 spiro atoms. The van der Waals surface area contributed by atoms with E-state index in [4.69, 9.17) is 20.3 Å². The Morgan fingerprint density at radius 1 is 1.22 bits per heavy atom. The zero-order valence-electron chi connectivity index (χ0n) is 23.5. The largest absolute Gasteiger partial charge is 0.490 e. The summed E-state index contributed by atoms with van der Waals surface area (Å²) in [5.74, 6) is -4.96. The number of hydrogen-bond donors (Lipinski definition) is 3. The van der Waals surface area contributed by atoms with Crippen LogP contribution in [-0.2, 0) is 4.79 Å². The number of primary amides is 1. The first kappa shape index (κ1) is 30.2. The van der Waals surface area contributed by atoms with Gasteiger partial charge in [0, 0.05) is 41.9 Å². The fourth-order valence-corrected chi connectivity index (χ4v) is 5.18. The van der Waals surface area contributed by atoms with Gasteiger partial charge in [0.2, 0.25) is 5.88 Å². The molecule has 4 N–H and O–H groups in total. The van der Waals surface area contributed by atoms with Gasteiger partial charge in [0.1, 0.15) is 12.4 Å². The zero-order valence-corrected chi connectivity index (χ0v) is 23.5. The molecule has 1 aromatic carbocycles. The van der Waals surface area contributed by atoms with Crippen molar-refractivity contribution < 1.29 is 33.0 Å². The number of hydrogen-bond acceptors (Lipinski definition) is 7. The van der Waals surface area contributed by atoms with Crippen molar-refractivity contribution in [2.75, 3.05) is 13.2 Å². The van der Waals surface area contributed by atoms with Crippen LogP contribution >= 0.6 is 0 Å². The third kappa shape index (κ3) is 6.92. The smallest absolute Gasteiger partial charge is 0.326 e. The standard InChI is InChI=1S/C27H31F2N5O4.C2H6O/c1-15(2)38-23-9-20-19(8-21(23)24(30)35)22(16-11-32-34(13-16)18-6-4-3-5-7-18)12-31-25(20)37-14-17-10-27(28,29)26(36)33-17;1-2-3/h8-9,11-13,15,17-18H,3-7,10,14H2,1-2H3,(H2,30,35)(H,33,36);3H,2H2,1H3. The summed E-state index contributed by atoms with van der Waals surface area (Å²) in [5, 5.41) is 15.6. The van der Waals surface area contributed by atoms with E-state index >= 15 is 0 Å². The number of carbonyl (C=O) groups is 2. The molecule has 41 heavy (non-hydrogen) atoms. The first-order valence-corrected chi connectivity index (χ1v) is 13.9. The molecule has 2 aromatic heterocycles. The van der Waals surface area contributed by atoms with Gasteiger partial charge in [-0.1, -0.05) is 19.3 Å². The summed E-state index contributed by atoms with van der Waals surface area (Å²) < 4.78 is 41.1. The first-order valence-electron chi connectivity index (χ1n) is 13.9. The third-order valence-corrected chi connectivity index (χ3v) is 7.03. The van der Waals surface area contributed by atoms with Crippen LogP contribution in [0, 0.1) is 0 Å². The molecule has 2 fully saturated rings. The molecule has 5 rings (SSSR count). The third-order valence-electron chi connectivity index (χ3n) is 7.03. The fraction of sp³-hybridized carbons (Fsp3) is 0.517. The first-order chi connectivity index (χ1) is 19.5. The molecule has 0 radical (unpaired) electrons. The molecular weight excluding hydrogens is 536 g/mol. The van der Waals surface area contributed by atoms with Gasteiger partial charge in [-0.3, -0.25) is 14.3 Å². The molecule has 1 aliphatic heterocycles. The maximum atomic E-state index is 13.7. The molecule has 1 aliphatic carbocycles. The van der Waals surface area contributed by atoms with Crippen LogP contribution < -0.4 is 20.5 Å². The molecule has 3 aromatic rings. The fourth-order valence-electron chi connectivity index (χ4n) is 5.18. The number of amides is 2. The van der Waals surface area contributed by atoms with Crippen molar-refractivity contribution >= 4 is 22.6 Å². The second-order valence-electron chi connectivity index (χ2n) is 10.6. The lowest BCUT2D eigenvalue weighted by Crippen LogP contribution is -2.33. The van der Waals surface area contributed by atoms with Crippen LogP contribution in [0.2, 0.25) is 0 Å². The summed E-state index contributed by atoms with van der Waals surface area (Å²) in [6.07, 6.45) is 10.2. The van der Waals surface area contributed by atoms with Crippen LogP contribution in [0.1, 0.15) is 75.7 Å². The van der Waals surface area contributed by atoms with Gasteiger partial charge in [-0.2, -0.15) is 13.9 Å². The van der Waals surface area contributed by atoms with Gasteiger partial charge in [0.15, 0.2) is 0 Å². The number of nitrogens with two attached hydrogens (primary N) is 1. The highest BCUT2D eigenvalue weighted by Gasteiger charge is 2.48. The normalized spacial score (nSPS) is 18.6. The number of nitrogens with one attached hydrogen (secondary N) is 1. The van der Waals surface area contributed by atoms with E-state index in [0.29, 0.717) is 22.4 Å². The SMILES string of the molecule is CC(C)Oc1cc2c(OCC3CC(F)(F)C(=O)N3)ncc(-c3cnn(C4CCCCC4)c3)c2cc1C(N)=O.CCO. The highest BCUT2D eigenvalue weighted by molar-refractivity contribution is 6.06. The van der Waals surface area contributed by atoms with E-state index < -0.39 is 30.2 Å². The topological polar surface area (TPSA) is 142 Å². The van der Waals surface area contributed by atoms with Crippen LogP contribution in [0.25, 0.3) is 21.9 Å². The highest BCUT2D eigenvalue weighted by Crippen LogP contribution is 2.38. The summed E-state index contributed by atoms with van der Waals surface area (Å²) in [4.78, 5) is 28.3. The number of alkyl halides is 2. The lowest BCUT2D eigenvalue weighted by Gasteiger charge is -2.21. The van der Waals surface area contributed by atoms with E-state index in [1.807, 2.05) is 24.7 Å². The van der Waals surface area contributed by atoms with Gasteiger partial charge in [-0.05, 0) is 51.1 Å². The Kier molecular flexibility index (Phi) is 9.42. The second kappa shape index (κ2) is 12.8. The summed E-state index contributed by atoms with van der Waals surface area (Å²) in [5.41, 5.74) is 7.43. The molecule has 2 aliphatic rings. The summed E-state index contributed by atoms with van der Waals surface area (Å²) >= 11 is 0. The maximum absolute atomic E-state index is 13.7. The molecule has 222 valence electrons. The average Bonchev–Trinajstić information content (AvgIpc) is 3.51. The number of halogens is 2. The minimum Gasteiger partial charge on any atom is -0.490 e. The van der Waals surface area contributed by atoms with Crippen molar-refractivity contribution in [3.05, 3.63) is 36.3 Å². The molecule has 1 unspecified atom stereocenters. The van der Waals surface area contributed by atoms with Crippen molar-refractivity contribution in [1.29, 1.82) is 0 Å². The zero-order chi connectivity index (χ0) is 29.7. The van der Waals surface area contributed by atoms with Crippen LogP contribution in [-0.4, -0.2) is 63.0 Å². The van der Waals surface area contributed by atoms with Crippen molar-refractivity contribution in [2.24, 2.45) is 5.73 Å². The predicted molar refractivity (Wildman–Crippen MR) is 149 cm³/mol. The molecule has 3 heterocycles. The van der Waals surface area contributed by atoms with E-state index in [1.165, 1.54) is 19.3 Å².